The second-order valence-corrected chi connectivity index (χ2v) is 5.06. The van der Waals surface area contributed by atoms with Crippen LogP contribution in [0.25, 0.3) is 5.65 Å². The number of fused-ring (bicyclic) bond motifs is 1. The van der Waals surface area contributed by atoms with Crippen molar-refractivity contribution in [2.45, 2.75) is 25.4 Å². The Hall–Kier alpha value is -1.39. The van der Waals surface area contributed by atoms with Gasteiger partial charge in [-0.25, -0.2) is 4.98 Å². The van der Waals surface area contributed by atoms with E-state index in [1.807, 2.05) is 12.1 Å². The molecular weight excluding hydrogens is 224 g/mol. The third kappa shape index (κ3) is 2.40. The van der Waals surface area contributed by atoms with Crippen LogP contribution in [0.3, 0.4) is 0 Å². The Morgan fingerprint density at radius 2 is 2.39 bits per heavy atom. The average molecular weight is 244 g/mol. The molecule has 1 fully saturated rings. The van der Waals surface area contributed by atoms with Crippen molar-refractivity contribution in [3.8, 4) is 0 Å². The van der Waals surface area contributed by atoms with Crippen molar-refractivity contribution in [1.29, 1.82) is 0 Å². The van der Waals surface area contributed by atoms with Crippen molar-refractivity contribution in [1.82, 2.24) is 19.6 Å². The van der Waals surface area contributed by atoms with Crippen LogP contribution >= 0.6 is 0 Å². The van der Waals surface area contributed by atoms with Gasteiger partial charge in [0.05, 0.1) is 5.69 Å². The van der Waals surface area contributed by atoms with E-state index < -0.39 is 0 Å². The number of likely N-dealkylation sites (tertiary alicyclic amines) is 1. The molecule has 0 aliphatic carbocycles. The first kappa shape index (κ1) is 11.7. The smallest absolute Gasteiger partial charge is 0.137 e. The van der Waals surface area contributed by atoms with E-state index in [-0.39, 0.29) is 0 Å². The van der Waals surface area contributed by atoms with Gasteiger partial charge in [-0.15, -0.1) is 0 Å². The topological polar surface area (TPSA) is 32.6 Å². The van der Waals surface area contributed by atoms with Gasteiger partial charge in [0, 0.05) is 31.5 Å². The summed E-state index contributed by atoms with van der Waals surface area (Å²) in [6, 6.07) is 6.76. The summed E-state index contributed by atoms with van der Waals surface area (Å²) >= 11 is 0. The van der Waals surface area contributed by atoms with Gasteiger partial charge in [0.25, 0.3) is 0 Å². The van der Waals surface area contributed by atoms with E-state index in [1.165, 1.54) is 19.4 Å². The van der Waals surface area contributed by atoms with Crippen LogP contribution in [-0.4, -0.2) is 40.5 Å². The summed E-state index contributed by atoms with van der Waals surface area (Å²) in [5.41, 5.74) is 2.20. The minimum absolute atomic E-state index is 0.635. The van der Waals surface area contributed by atoms with E-state index in [0.29, 0.717) is 6.04 Å². The number of hydrogen-bond donors (Lipinski definition) is 1. The number of piperidine rings is 1. The number of imidazole rings is 1. The van der Waals surface area contributed by atoms with E-state index in [1.54, 1.807) is 0 Å². The van der Waals surface area contributed by atoms with Crippen LogP contribution in [-0.2, 0) is 6.54 Å². The third-order valence-corrected chi connectivity index (χ3v) is 3.71. The van der Waals surface area contributed by atoms with E-state index >= 15 is 0 Å². The van der Waals surface area contributed by atoms with Crippen LogP contribution in [0.2, 0.25) is 0 Å². The average Bonchev–Trinajstić information content (AvgIpc) is 2.81. The van der Waals surface area contributed by atoms with E-state index in [0.717, 1.165) is 24.4 Å². The third-order valence-electron chi connectivity index (χ3n) is 3.71. The van der Waals surface area contributed by atoms with Crippen LogP contribution in [0.1, 0.15) is 18.5 Å². The highest BCUT2D eigenvalue weighted by atomic mass is 15.2. The number of rotatable bonds is 3. The molecule has 0 aromatic carbocycles. The van der Waals surface area contributed by atoms with E-state index in [4.69, 9.17) is 0 Å². The predicted molar refractivity (Wildman–Crippen MR) is 72.6 cm³/mol. The zero-order chi connectivity index (χ0) is 12.4. The molecule has 0 spiro atoms. The monoisotopic (exact) mass is 244 g/mol. The maximum absolute atomic E-state index is 4.66. The molecule has 96 valence electrons. The van der Waals surface area contributed by atoms with Crippen molar-refractivity contribution in [2.75, 3.05) is 20.1 Å². The molecule has 2 aromatic heterocycles. The molecule has 0 bridgehead atoms. The predicted octanol–water partition coefficient (Wildman–Crippen LogP) is 1.52. The highest BCUT2D eigenvalue weighted by Gasteiger charge is 2.19. The molecule has 2 aromatic rings. The maximum atomic E-state index is 4.66. The first-order valence-electron chi connectivity index (χ1n) is 6.67. The van der Waals surface area contributed by atoms with Crippen molar-refractivity contribution in [3.05, 3.63) is 36.3 Å². The zero-order valence-electron chi connectivity index (χ0n) is 10.8. The van der Waals surface area contributed by atoms with Crippen LogP contribution in [0.4, 0.5) is 0 Å². The Balaban J connectivity index is 1.71. The number of nitrogens with one attached hydrogen (secondary N) is 1. The Labute approximate surface area is 108 Å². The molecule has 18 heavy (non-hydrogen) atoms. The van der Waals surface area contributed by atoms with Crippen LogP contribution < -0.4 is 5.32 Å². The minimum atomic E-state index is 0.635. The number of likely N-dealkylation sites (N-methyl/N-ethyl adjacent to an activating group) is 1. The zero-order valence-corrected chi connectivity index (χ0v) is 10.8. The Kier molecular flexibility index (Phi) is 3.30. The van der Waals surface area contributed by atoms with Gasteiger partial charge in [-0.05, 0) is 38.6 Å². The molecule has 0 saturated carbocycles. The number of aromatic nitrogens is 2. The lowest BCUT2D eigenvalue weighted by molar-refractivity contribution is 0.186. The molecule has 4 heteroatoms. The largest absolute Gasteiger partial charge is 0.316 e. The van der Waals surface area contributed by atoms with Gasteiger partial charge < -0.3 is 9.72 Å². The van der Waals surface area contributed by atoms with E-state index in [2.05, 4.69) is 45.1 Å². The molecule has 1 aliphatic heterocycles. The fourth-order valence-electron chi connectivity index (χ4n) is 2.73. The molecule has 1 unspecified atom stereocenters. The molecule has 0 amide bonds. The lowest BCUT2D eigenvalue weighted by Crippen LogP contribution is -2.43. The number of pyridine rings is 1. The van der Waals surface area contributed by atoms with Gasteiger partial charge in [0.15, 0.2) is 0 Å². The van der Waals surface area contributed by atoms with Gasteiger partial charge in [0.1, 0.15) is 5.65 Å². The van der Waals surface area contributed by atoms with Crippen LogP contribution in [0.15, 0.2) is 30.6 Å². The van der Waals surface area contributed by atoms with Crippen LogP contribution in [0, 0.1) is 0 Å². The van der Waals surface area contributed by atoms with Crippen molar-refractivity contribution in [3.63, 3.8) is 0 Å². The first-order valence-corrected chi connectivity index (χ1v) is 6.67. The summed E-state index contributed by atoms with van der Waals surface area (Å²) in [6.07, 6.45) is 6.76. The minimum Gasteiger partial charge on any atom is -0.316 e. The van der Waals surface area contributed by atoms with E-state index in [9.17, 15) is 0 Å². The maximum Gasteiger partial charge on any atom is 0.137 e. The van der Waals surface area contributed by atoms with Gasteiger partial charge in [-0.3, -0.25) is 4.90 Å². The molecule has 1 N–H and O–H groups in total. The fraction of sp³-hybridized carbons (Fsp3) is 0.500. The summed E-state index contributed by atoms with van der Waals surface area (Å²) in [5.74, 6) is 0. The molecule has 3 rings (SSSR count). The SMILES string of the molecule is CNC1CCCN(Cc2cn3ccccc3n2)C1. The molecule has 1 atom stereocenters. The molecule has 3 heterocycles. The molecule has 1 saturated heterocycles. The lowest BCUT2D eigenvalue weighted by atomic mass is 10.1. The summed E-state index contributed by atoms with van der Waals surface area (Å²) in [6.45, 7) is 3.27. The molecule has 4 nitrogen and oxygen atoms in total. The normalized spacial score (nSPS) is 21.5. The van der Waals surface area contributed by atoms with Gasteiger partial charge in [-0.1, -0.05) is 6.07 Å². The Bertz CT molecular complexity index is 486. The molecular formula is C14H20N4. The van der Waals surface area contributed by atoms with Crippen molar-refractivity contribution >= 4 is 5.65 Å². The fourth-order valence-corrected chi connectivity index (χ4v) is 2.73. The second-order valence-electron chi connectivity index (χ2n) is 5.06. The Morgan fingerprint density at radius 1 is 1.44 bits per heavy atom. The van der Waals surface area contributed by atoms with Crippen LogP contribution in [0.5, 0.6) is 0 Å². The second kappa shape index (κ2) is 5.08. The highest BCUT2D eigenvalue weighted by molar-refractivity contribution is 5.39. The quantitative estimate of drug-likeness (QED) is 0.888. The highest BCUT2D eigenvalue weighted by Crippen LogP contribution is 2.13. The summed E-state index contributed by atoms with van der Waals surface area (Å²) in [5, 5.41) is 3.38. The van der Waals surface area contributed by atoms with Gasteiger partial charge >= 0.3 is 0 Å². The standard InChI is InChI=1S/C14H20N4/c1-15-12-5-4-7-17(9-12)10-13-11-18-8-3-2-6-14(18)16-13/h2-3,6,8,11-12,15H,4-5,7,9-10H2,1H3. The number of hydrogen-bond acceptors (Lipinski definition) is 3. The van der Waals surface area contributed by atoms with Gasteiger partial charge in [-0.2, -0.15) is 0 Å². The Morgan fingerprint density at radius 3 is 3.22 bits per heavy atom. The molecule has 0 radical (unpaired) electrons. The number of nitrogens with zero attached hydrogens (tertiary/aromatic N) is 3. The van der Waals surface area contributed by atoms with Gasteiger partial charge in [0.2, 0.25) is 0 Å². The summed E-state index contributed by atoms with van der Waals surface area (Å²) < 4.78 is 2.09. The van der Waals surface area contributed by atoms with Crippen molar-refractivity contribution < 1.29 is 0 Å². The lowest BCUT2D eigenvalue weighted by Gasteiger charge is -2.31. The van der Waals surface area contributed by atoms with Crippen molar-refractivity contribution in [2.24, 2.45) is 0 Å². The summed E-state index contributed by atoms with van der Waals surface area (Å²) in [7, 11) is 2.05. The molecule has 1 aliphatic rings. The first-order chi connectivity index (χ1) is 8.85. The summed E-state index contributed by atoms with van der Waals surface area (Å²) in [4.78, 5) is 7.15.